The highest BCUT2D eigenvalue weighted by atomic mass is 16.6. The van der Waals surface area contributed by atoms with E-state index in [1.54, 1.807) is 12.4 Å². The molecule has 2 aromatic rings. The minimum absolute atomic E-state index is 0.631. The molecule has 0 atom stereocenters. The molecule has 0 N–H and O–H groups in total. The topological polar surface area (TPSA) is 50.7 Å². The third-order valence-corrected chi connectivity index (χ3v) is 4.22. The summed E-state index contributed by atoms with van der Waals surface area (Å²) in [6, 6.07) is 8.08. The van der Waals surface area contributed by atoms with E-state index in [0.29, 0.717) is 13.2 Å². The molecule has 4 rings (SSSR count). The normalized spacial score (nSPS) is 18.0. The molecule has 6 nitrogen and oxygen atoms in total. The Morgan fingerprint density at radius 3 is 2.43 bits per heavy atom. The van der Waals surface area contributed by atoms with Gasteiger partial charge in [0.2, 0.25) is 5.95 Å². The van der Waals surface area contributed by atoms with Crippen molar-refractivity contribution in [2.75, 3.05) is 44.3 Å². The predicted molar refractivity (Wildman–Crippen MR) is 87.0 cm³/mol. The summed E-state index contributed by atoms with van der Waals surface area (Å²) in [5.41, 5.74) is 1.26. The molecule has 0 bridgehead atoms. The number of ether oxygens (including phenoxy) is 2. The number of nitrogens with zero attached hydrogens (tertiary/aromatic N) is 4. The summed E-state index contributed by atoms with van der Waals surface area (Å²) in [5.74, 6) is 2.54. The average molecular weight is 312 g/mol. The van der Waals surface area contributed by atoms with Crippen molar-refractivity contribution in [3.63, 3.8) is 0 Å². The van der Waals surface area contributed by atoms with Crippen LogP contribution < -0.4 is 14.4 Å². The number of fused-ring (bicyclic) bond motifs is 1. The Morgan fingerprint density at radius 1 is 0.913 bits per heavy atom. The van der Waals surface area contributed by atoms with Gasteiger partial charge in [-0.05, 0) is 23.8 Å². The van der Waals surface area contributed by atoms with Crippen LogP contribution in [0.1, 0.15) is 5.56 Å². The van der Waals surface area contributed by atoms with Crippen molar-refractivity contribution in [2.45, 2.75) is 6.54 Å². The average Bonchev–Trinajstić information content (AvgIpc) is 2.63. The molecule has 0 aliphatic carbocycles. The number of benzene rings is 1. The maximum atomic E-state index is 5.66. The molecule has 120 valence electrons. The Labute approximate surface area is 135 Å². The summed E-state index contributed by atoms with van der Waals surface area (Å²) < 4.78 is 11.2. The zero-order valence-electron chi connectivity index (χ0n) is 13.0. The summed E-state index contributed by atoms with van der Waals surface area (Å²) in [7, 11) is 0. The van der Waals surface area contributed by atoms with Crippen LogP contribution in [0.4, 0.5) is 5.95 Å². The van der Waals surface area contributed by atoms with E-state index >= 15 is 0 Å². The van der Waals surface area contributed by atoms with E-state index in [4.69, 9.17) is 9.47 Å². The predicted octanol–water partition coefficient (Wildman–Crippen LogP) is 1.57. The Morgan fingerprint density at radius 2 is 1.65 bits per heavy atom. The zero-order chi connectivity index (χ0) is 15.5. The summed E-state index contributed by atoms with van der Waals surface area (Å²) in [6.07, 6.45) is 3.59. The Balaban J connectivity index is 1.36. The van der Waals surface area contributed by atoms with E-state index in [2.05, 4.69) is 31.9 Å². The molecule has 2 aliphatic rings. The fourth-order valence-electron chi connectivity index (χ4n) is 3.00. The molecule has 0 spiro atoms. The van der Waals surface area contributed by atoms with Crippen LogP contribution in [0.5, 0.6) is 11.5 Å². The lowest BCUT2D eigenvalue weighted by Gasteiger charge is -2.34. The van der Waals surface area contributed by atoms with Crippen LogP contribution in [0.15, 0.2) is 36.7 Å². The van der Waals surface area contributed by atoms with Gasteiger partial charge in [0.25, 0.3) is 0 Å². The van der Waals surface area contributed by atoms with Gasteiger partial charge in [-0.1, -0.05) is 6.07 Å². The first kappa shape index (κ1) is 14.3. The highest BCUT2D eigenvalue weighted by Crippen LogP contribution is 2.31. The second-order valence-electron chi connectivity index (χ2n) is 5.79. The van der Waals surface area contributed by atoms with Gasteiger partial charge in [-0.3, -0.25) is 4.90 Å². The molecule has 23 heavy (non-hydrogen) atoms. The first-order valence-corrected chi connectivity index (χ1v) is 8.01. The number of anilines is 1. The smallest absolute Gasteiger partial charge is 0.225 e. The second kappa shape index (κ2) is 6.42. The summed E-state index contributed by atoms with van der Waals surface area (Å²) in [4.78, 5) is 13.3. The van der Waals surface area contributed by atoms with Crippen molar-refractivity contribution in [1.82, 2.24) is 14.9 Å². The van der Waals surface area contributed by atoms with Gasteiger partial charge in [0.15, 0.2) is 11.5 Å². The minimum atomic E-state index is 0.631. The van der Waals surface area contributed by atoms with Crippen LogP contribution in [0.3, 0.4) is 0 Å². The van der Waals surface area contributed by atoms with Crippen LogP contribution in [0.25, 0.3) is 0 Å². The lowest BCUT2D eigenvalue weighted by atomic mass is 10.1. The van der Waals surface area contributed by atoms with Crippen molar-refractivity contribution < 1.29 is 9.47 Å². The van der Waals surface area contributed by atoms with Gasteiger partial charge in [-0.15, -0.1) is 0 Å². The van der Waals surface area contributed by atoms with E-state index in [1.807, 2.05) is 12.1 Å². The molecule has 1 aromatic heterocycles. The number of aromatic nitrogens is 2. The van der Waals surface area contributed by atoms with Gasteiger partial charge in [-0.2, -0.15) is 0 Å². The molecular weight excluding hydrogens is 292 g/mol. The third kappa shape index (κ3) is 3.22. The van der Waals surface area contributed by atoms with Crippen molar-refractivity contribution in [1.29, 1.82) is 0 Å². The largest absolute Gasteiger partial charge is 0.486 e. The van der Waals surface area contributed by atoms with E-state index in [-0.39, 0.29) is 0 Å². The lowest BCUT2D eigenvalue weighted by molar-refractivity contribution is 0.171. The molecule has 0 amide bonds. The van der Waals surface area contributed by atoms with Gasteiger partial charge in [0.1, 0.15) is 13.2 Å². The van der Waals surface area contributed by atoms with Crippen molar-refractivity contribution >= 4 is 5.95 Å². The van der Waals surface area contributed by atoms with Crippen LogP contribution in [0, 0.1) is 0 Å². The third-order valence-electron chi connectivity index (χ3n) is 4.22. The summed E-state index contributed by atoms with van der Waals surface area (Å²) >= 11 is 0. The lowest BCUT2D eigenvalue weighted by Crippen LogP contribution is -2.46. The molecule has 1 saturated heterocycles. The molecule has 0 radical (unpaired) electrons. The maximum absolute atomic E-state index is 5.66. The number of hydrogen-bond acceptors (Lipinski definition) is 6. The zero-order valence-corrected chi connectivity index (χ0v) is 13.0. The highest BCUT2D eigenvalue weighted by molar-refractivity contribution is 5.43. The maximum Gasteiger partial charge on any atom is 0.225 e. The van der Waals surface area contributed by atoms with Crippen LogP contribution in [0.2, 0.25) is 0 Å². The summed E-state index contributed by atoms with van der Waals surface area (Å²) in [6.45, 7) is 6.12. The molecule has 0 unspecified atom stereocenters. The molecule has 1 fully saturated rings. The minimum Gasteiger partial charge on any atom is -0.486 e. The fraction of sp³-hybridized carbons (Fsp3) is 0.412. The molecular formula is C17H20N4O2. The van der Waals surface area contributed by atoms with E-state index < -0.39 is 0 Å². The number of hydrogen-bond donors (Lipinski definition) is 0. The first-order valence-electron chi connectivity index (χ1n) is 8.01. The van der Waals surface area contributed by atoms with Crippen LogP contribution in [-0.2, 0) is 6.54 Å². The molecule has 2 aliphatic heterocycles. The quantitative estimate of drug-likeness (QED) is 0.857. The van der Waals surface area contributed by atoms with E-state index in [9.17, 15) is 0 Å². The summed E-state index contributed by atoms with van der Waals surface area (Å²) in [5, 5.41) is 0. The molecule has 1 aromatic carbocycles. The van der Waals surface area contributed by atoms with Gasteiger partial charge >= 0.3 is 0 Å². The monoisotopic (exact) mass is 312 g/mol. The Kier molecular flexibility index (Phi) is 3.98. The van der Waals surface area contributed by atoms with Gasteiger partial charge in [0.05, 0.1) is 0 Å². The van der Waals surface area contributed by atoms with Gasteiger partial charge < -0.3 is 14.4 Å². The van der Waals surface area contributed by atoms with E-state index in [1.165, 1.54) is 5.56 Å². The molecule has 0 saturated carbocycles. The number of rotatable bonds is 3. The molecule has 3 heterocycles. The first-order chi connectivity index (χ1) is 11.4. The number of piperazine rings is 1. The SMILES string of the molecule is c1cnc(N2CCN(Cc3ccc4c(c3)OCCO4)CC2)nc1. The van der Waals surface area contributed by atoms with Crippen LogP contribution >= 0.6 is 0 Å². The Bertz CT molecular complexity index is 657. The standard InChI is InChI=1S/C17H20N4O2/c1-4-18-17(19-5-1)21-8-6-20(7-9-21)13-14-2-3-15-16(12-14)23-11-10-22-15/h1-5,12H,6-11,13H2. The van der Waals surface area contributed by atoms with E-state index in [0.717, 1.165) is 50.2 Å². The fourth-order valence-corrected chi connectivity index (χ4v) is 3.00. The van der Waals surface area contributed by atoms with Crippen LogP contribution in [-0.4, -0.2) is 54.3 Å². The van der Waals surface area contributed by atoms with Gasteiger partial charge in [-0.25, -0.2) is 9.97 Å². The van der Waals surface area contributed by atoms with Crippen molar-refractivity contribution in [2.24, 2.45) is 0 Å². The van der Waals surface area contributed by atoms with Crippen molar-refractivity contribution in [3.05, 3.63) is 42.2 Å². The Hall–Kier alpha value is -2.34. The van der Waals surface area contributed by atoms with Crippen molar-refractivity contribution in [3.8, 4) is 11.5 Å². The highest BCUT2D eigenvalue weighted by Gasteiger charge is 2.19. The second-order valence-corrected chi connectivity index (χ2v) is 5.79. The molecule has 6 heteroatoms. The van der Waals surface area contributed by atoms with Gasteiger partial charge in [0, 0.05) is 45.1 Å².